The largest absolute Gasteiger partial charge is 0.394 e. The summed E-state index contributed by atoms with van der Waals surface area (Å²) in [5, 5.41) is 13.2. The number of nitrogens with zero attached hydrogens (tertiary/aromatic N) is 2. The SMILES string of the molecule is CC1CN(C(=O)c2sc(NC3CC3)nc2N)CC(CO)O1. The summed E-state index contributed by atoms with van der Waals surface area (Å²) in [6.45, 7) is 2.67. The van der Waals surface area contributed by atoms with Gasteiger partial charge < -0.3 is 25.8 Å². The van der Waals surface area contributed by atoms with Crippen molar-refractivity contribution in [2.24, 2.45) is 0 Å². The van der Waals surface area contributed by atoms with E-state index in [1.165, 1.54) is 11.3 Å². The van der Waals surface area contributed by atoms with Gasteiger partial charge in [0.25, 0.3) is 5.91 Å². The number of morpholine rings is 1. The van der Waals surface area contributed by atoms with Crippen molar-refractivity contribution in [1.29, 1.82) is 0 Å². The molecule has 4 N–H and O–H groups in total. The van der Waals surface area contributed by atoms with Crippen molar-refractivity contribution in [1.82, 2.24) is 9.88 Å². The number of aliphatic hydroxyl groups is 1. The topological polar surface area (TPSA) is 101 Å². The number of hydrogen-bond acceptors (Lipinski definition) is 7. The van der Waals surface area contributed by atoms with Gasteiger partial charge in [0, 0.05) is 19.1 Å². The number of nitrogens with two attached hydrogens (primary N) is 1. The number of nitrogens with one attached hydrogen (secondary N) is 1. The normalized spacial score (nSPS) is 25.9. The number of aliphatic hydroxyl groups excluding tert-OH is 1. The third-order valence-corrected chi connectivity index (χ3v) is 4.56. The average molecular weight is 312 g/mol. The number of nitrogen functional groups attached to an aromatic ring is 1. The molecular weight excluding hydrogens is 292 g/mol. The van der Waals surface area contributed by atoms with Crippen LogP contribution < -0.4 is 11.1 Å². The van der Waals surface area contributed by atoms with Gasteiger partial charge in [-0.25, -0.2) is 4.98 Å². The molecule has 2 aliphatic rings. The van der Waals surface area contributed by atoms with E-state index < -0.39 is 0 Å². The maximum atomic E-state index is 12.6. The van der Waals surface area contributed by atoms with Crippen LogP contribution in [-0.2, 0) is 4.74 Å². The van der Waals surface area contributed by atoms with Gasteiger partial charge in [0.2, 0.25) is 0 Å². The average Bonchev–Trinajstić information content (AvgIpc) is 3.19. The molecule has 2 atom stereocenters. The van der Waals surface area contributed by atoms with Gasteiger partial charge in [0.15, 0.2) is 5.13 Å². The zero-order valence-corrected chi connectivity index (χ0v) is 12.7. The molecule has 0 bridgehead atoms. The predicted molar refractivity (Wildman–Crippen MR) is 80.5 cm³/mol. The quantitative estimate of drug-likeness (QED) is 0.749. The van der Waals surface area contributed by atoms with E-state index in [-0.39, 0.29) is 30.5 Å². The van der Waals surface area contributed by atoms with Gasteiger partial charge in [-0.15, -0.1) is 0 Å². The molecule has 3 rings (SSSR count). The Morgan fingerprint density at radius 2 is 2.33 bits per heavy atom. The highest BCUT2D eigenvalue weighted by Crippen LogP contribution is 2.31. The summed E-state index contributed by atoms with van der Waals surface area (Å²) < 4.78 is 5.55. The van der Waals surface area contributed by atoms with Crippen LogP contribution in [0.25, 0.3) is 0 Å². The second-order valence-corrected chi connectivity index (χ2v) is 6.61. The fraction of sp³-hybridized carbons (Fsp3) is 0.692. The van der Waals surface area contributed by atoms with E-state index in [0.717, 1.165) is 12.8 Å². The summed E-state index contributed by atoms with van der Waals surface area (Å²) in [5.74, 6) is 0.135. The smallest absolute Gasteiger partial charge is 0.268 e. The standard InChI is InChI=1S/C13H20N4O3S/c1-7-4-17(5-9(6-18)20-7)12(19)10-11(14)16-13(21-10)15-8-2-3-8/h7-9,18H,2-6,14H2,1H3,(H,15,16). The Labute approximate surface area is 127 Å². The first kappa shape index (κ1) is 14.6. The molecular formula is C13H20N4O3S. The van der Waals surface area contributed by atoms with Crippen LogP contribution in [0.2, 0.25) is 0 Å². The first-order valence-electron chi connectivity index (χ1n) is 7.15. The molecule has 1 amide bonds. The zero-order chi connectivity index (χ0) is 15.0. The van der Waals surface area contributed by atoms with Gasteiger partial charge in [-0.3, -0.25) is 4.79 Å². The van der Waals surface area contributed by atoms with Crippen LogP contribution in [0.4, 0.5) is 10.9 Å². The monoisotopic (exact) mass is 312 g/mol. The van der Waals surface area contributed by atoms with Gasteiger partial charge in [-0.05, 0) is 19.8 Å². The minimum absolute atomic E-state index is 0.0965. The van der Waals surface area contributed by atoms with E-state index in [9.17, 15) is 9.90 Å². The van der Waals surface area contributed by atoms with Crippen LogP contribution in [0, 0.1) is 0 Å². The number of anilines is 2. The van der Waals surface area contributed by atoms with Crippen molar-refractivity contribution < 1.29 is 14.6 Å². The number of carbonyl (C=O) groups is 1. The molecule has 1 saturated heterocycles. The summed E-state index contributed by atoms with van der Waals surface area (Å²) in [6.07, 6.45) is 1.85. The minimum atomic E-state index is -0.337. The van der Waals surface area contributed by atoms with Crippen LogP contribution in [0.3, 0.4) is 0 Å². The van der Waals surface area contributed by atoms with Crippen LogP contribution in [0.1, 0.15) is 29.4 Å². The second-order valence-electron chi connectivity index (χ2n) is 5.61. The highest BCUT2D eigenvalue weighted by atomic mass is 32.1. The van der Waals surface area contributed by atoms with Crippen molar-refractivity contribution in [2.75, 3.05) is 30.7 Å². The van der Waals surface area contributed by atoms with Gasteiger partial charge in [-0.2, -0.15) is 0 Å². The lowest BCUT2D eigenvalue weighted by Crippen LogP contribution is -2.50. The number of carbonyl (C=O) groups excluding carboxylic acids is 1. The summed E-state index contributed by atoms with van der Waals surface area (Å²) >= 11 is 1.30. The molecule has 2 fully saturated rings. The number of aromatic nitrogens is 1. The first-order valence-corrected chi connectivity index (χ1v) is 7.97. The Morgan fingerprint density at radius 1 is 1.57 bits per heavy atom. The molecule has 1 aromatic heterocycles. The third kappa shape index (κ3) is 3.28. The summed E-state index contributed by atoms with van der Waals surface area (Å²) in [6, 6.07) is 0.473. The Bertz CT molecular complexity index is 531. The molecule has 1 aromatic rings. The molecule has 21 heavy (non-hydrogen) atoms. The fourth-order valence-corrected chi connectivity index (χ4v) is 3.33. The molecule has 1 saturated carbocycles. The van der Waals surface area contributed by atoms with E-state index in [1.54, 1.807) is 4.90 Å². The van der Waals surface area contributed by atoms with E-state index in [2.05, 4.69) is 10.3 Å². The molecule has 2 heterocycles. The van der Waals surface area contributed by atoms with Crippen molar-refractivity contribution in [3.63, 3.8) is 0 Å². The number of rotatable bonds is 4. The van der Waals surface area contributed by atoms with Crippen molar-refractivity contribution >= 4 is 28.2 Å². The Morgan fingerprint density at radius 3 is 3.00 bits per heavy atom. The zero-order valence-electron chi connectivity index (χ0n) is 11.9. The molecule has 1 aliphatic carbocycles. The number of hydrogen-bond donors (Lipinski definition) is 3. The van der Waals surface area contributed by atoms with Gasteiger partial charge >= 0.3 is 0 Å². The van der Waals surface area contributed by atoms with Gasteiger partial charge in [0.05, 0.1) is 18.8 Å². The predicted octanol–water partition coefficient (Wildman–Crippen LogP) is 0.521. The summed E-state index contributed by atoms with van der Waals surface area (Å²) in [5.41, 5.74) is 5.88. The molecule has 116 valence electrons. The van der Waals surface area contributed by atoms with Crippen LogP contribution in [0.5, 0.6) is 0 Å². The fourth-order valence-electron chi connectivity index (χ4n) is 2.40. The third-order valence-electron chi connectivity index (χ3n) is 3.57. The second kappa shape index (κ2) is 5.78. The molecule has 0 spiro atoms. The Hall–Kier alpha value is -1.38. The summed E-state index contributed by atoms with van der Waals surface area (Å²) in [7, 11) is 0. The Kier molecular flexibility index (Phi) is 4.01. The lowest BCUT2D eigenvalue weighted by Gasteiger charge is -2.35. The van der Waals surface area contributed by atoms with E-state index >= 15 is 0 Å². The number of thiazole rings is 1. The molecule has 1 aliphatic heterocycles. The van der Waals surface area contributed by atoms with Crippen molar-refractivity contribution in [3.05, 3.63) is 4.88 Å². The maximum absolute atomic E-state index is 12.6. The maximum Gasteiger partial charge on any atom is 0.268 e. The molecule has 0 aromatic carbocycles. The van der Waals surface area contributed by atoms with E-state index in [4.69, 9.17) is 10.5 Å². The number of amides is 1. The van der Waals surface area contributed by atoms with Crippen molar-refractivity contribution in [3.8, 4) is 0 Å². The van der Waals surface area contributed by atoms with Gasteiger partial charge in [-0.1, -0.05) is 11.3 Å². The van der Waals surface area contributed by atoms with Crippen LogP contribution >= 0.6 is 11.3 Å². The molecule has 7 nitrogen and oxygen atoms in total. The van der Waals surface area contributed by atoms with Gasteiger partial charge in [0.1, 0.15) is 10.7 Å². The first-order chi connectivity index (χ1) is 10.1. The molecule has 0 radical (unpaired) electrons. The lowest BCUT2D eigenvalue weighted by atomic mass is 10.2. The van der Waals surface area contributed by atoms with Crippen molar-refractivity contribution in [2.45, 2.75) is 38.0 Å². The molecule has 2 unspecified atom stereocenters. The summed E-state index contributed by atoms with van der Waals surface area (Å²) in [4.78, 5) is 19.0. The number of ether oxygens (including phenoxy) is 1. The van der Waals surface area contributed by atoms with E-state index in [0.29, 0.717) is 29.1 Å². The highest BCUT2D eigenvalue weighted by Gasteiger charge is 2.31. The lowest BCUT2D eigenvalue weighted by molar-refractivity contribution is -0.0857. The van der Waals surface area contributed by atoms with Crippen LogP contribution in [0.15, 0.2) is 0 Å². The Balaban J connectivity index is 1.72. The highest BCUT2D eigenvalue weighted by molar-refractivity contribution is 7.18. The van der Waals surface area contributed by atoms with Crippen LogP contribution in [-0.4, -0.2) is 58.8 Å². The minimum Gasteiger partial charge on any atom is -0.394 e. The molecule has 8 heteroatoms. The van der Waals surface area contributed by atoms with E-state index in [1.807, 2.05) is 6.92 Å².